The summed E-state index contributed by atoms with van der Waals surface area (Å²) in [5, 5.41) is 0.699. The molecule has 4 aromatic rings. The van der Waals surface area contributed by atoms with Gasteiger partial charge in [-0.3, -0.25) is 14.3 Å². The number of allylic oxidation sites excluding steroid dienone is 1. The minimum Gasteiger partial charge on any atom is -0.443 e. The van der Waals surface area contributed by atoms with E-state index in [0.29, 0.717) is 41.4 Å². The SMILES string of the molecule is CC(C)(C)OC(=O)n1cc(CC2CN3C=C(c4ccccn4)CCC3CN2C(=O)c2cc(C(F)(F)F)cc(C(F)(F)F)c2)c2ccccc21. The zero-order valence-corrected chi connectivity index (χ0v) is 27.0. The van der Waals surface area contributed by atoms with E-state index in [-0.39, 0.29) is 31.6 Å². The van der Waals surface area contributed by atoms with Crippen molar-refractivity contribution in [3.8, 4) is 0 Å². The molecule has 2 aliphatic rings. The smallest absolute Gasteiger partial charge is 0.419 e. The number of para-hydroxylation sites is 1. The third-order valence-corrected chi connectivity index (χ3v) is 8.74. The van der Waals surface area contributed by atoms with Gasteiger partial charge >= 0.3 is 18.4 Å². The van der Waals surface area contributed by atoms with E-state index in [1.807, 2.05) is 30.5 Å². The normalized spacial score (nSPS) is 18.7. The van der Waals surface area contributed by atoms with Gasteiger partial charge in [0.25, 0.3) is 5.91 Å². The van der Waals surface area contributed by atoms with Crippen molar-refractivity contribution in [1.29, 1.82) is 0 Å². The summed E-state index contributed by atoms with van der Waals surface area (Å²) in [6.07, 6.45) is -4.18. The van der Waals surface area contributed by atoms with Crippen LogP contribution in [-0.4, -0.2) is 62.1 Å². The Morgan fingerprint density at radius 2 is 1.57 bits per heavy atom. The zero-order chi connectivity index (χ0) is 35.3. The molecular formula is C36H34F6N4O3. The van der Waals surface area contributed by atoms with Gasteiger partial charge in [-0.15, -0.1) is 0 Å². The number of fused-ring (bicyclic) bond motifs is 2. The minimum absolute atomic E-state index is 0.0167. The molecule has 49 heavy (non-hydrogen) atoms. The average Bonchev–Trinajstić information content (AvgIpc) is 3.41. The lowest BCUT2D eigenvalue weighted by Gasteiger charge is -2.48. The summed E-state index contributed by atoms with van der Waals surface area (Å²) in [6, 6.07) is 12.7. The van der Waals surface area contributed by atoms with Crippen LogP contribution in [0.3, 0.4) is 0 Å². The molecule has 2 aromatic heterocycles. The Kier molecular flexibility index (Phi) is 8.74. The van der Waals surface area contributed by atoms with E-state index in [0.717, 1.165) is 11.3 Å². The summed E-state index contributed by atoms with van der Waals surface area (Å²) in [7, 11) is 0. The van der Waals surface area contributed by atoms with Crippen molar-refractivity contribution in [2.45, 2.75) is 70.1 Å². The second-order valence-corrected chi connectivity index (χ2v) is 13.4. The fourth-order valence-corrected chi connectivity index (χ4v) is 6.52. The molecule has 0 radical (unpaired) electrons. The predicted octanol–water partition coefficient (Wildman–Crippen LogP) is 8.43. The molecule has 13 heteroatoms. The molecule has 0 aliphatic carbocycles. The van der Waals surface area contributed by atoms with Crippen LogP contribution in [-0.2, 0) is 23.5 Å². The number of amides is 1. The number of halogens is 6. The summed E-state index contributed by atoms with van der Waals surface area (Å²) < 4.78 is 89.6. The molecule has 258 valence electrons. The summed E-state index contributed by atoms with van der Waals surface area (Å²) in [6.45, 7) is 5.52. The Morgan fingerprint density at radius 3 is 2.20 bits per heavy atom. The standard InChI is InChI=1S/C36H34F6N4O3/c1-34(2,3)49-33(48)46-19-24(29-8-4-5-10-31(29)46)16-28-20-44-18-22(30-9-6-7-13-43-30)11-12-27(44)21-45(28)32(47)23-14-25(35(37,38)39)17-26(15-23)36(40,41)42/h4-10,13-15,17-19,27-28H,11-12,16,20-21H2,1-3H3. The van der Waals surface area contributed by atoms with Crippen LogP contribution in [0.2, 0.25) is 0 Å². The van der Waals surface area contributed by atoms with E-state index < -0.39 is 52.7 Å². The van der Waals surface area contributed by atoms with Crippen LogP contribution in [0.4, 0.5) is 31.1 Å². The van der Waals surface area contributed by atoms with Crippen LogP contribution in [0, 0.1) is 0 Å². The van der Waals surface area contributed by atoms with Gasteiger partial charge in [-0.25, -0.2) is 4.79 Å². The predicted molar refractivity (Wildman–Crippen MR) is 170 cm³/mol. The lowest BCUT2D eigenvalue weighted by atomic mass is 9.91. The number of pyridine rings is 1. The molecule has 7 nitrogen and oxygen atoms in total. The van der Waals surface area contributed by atoms with E-state index in [9.17, 15) is 35.9 Å². The Bertz CT molecular complexity index is 1880. The third kappa shape index (κ3) is 7.30. The van der Waals surface area contributed by atoms with E-state index in [4.69, 9.17) is 4.74 Å². The first-order valence-corrected chi connectivity index (χ1v) is 15.8. The van der Waals surface area contributed by atoms with Gasteiger partial charge in [0.1, 0.15) is 5.60 Å². The Morgan fingerprint density at radius 1 is 0.898 bits per heavy atom. The molecule has 6 rings (SSSR count). The molecular weight excluding hydrogens is 650 g/mol. The Hall–Kier alpha value is -4.81. The molecule has 2 aromatic carbocycles. The molecule has 2 atom stereocenters. The van der Waals surface area contributed by atoms with Crippen molar-refractivity contribution in [3.63, 3.8) is 0 Å². The number of aromatic nitrogens is 2. The number of alkyl halides is 6. The quantitative estimate of drug-likeness (QED) is 0.202. The molecule has 1 saturated heterocycles. The first-order valence-electron chi connectivity index (χ1n) is 15.8. The van der Waals surface area contributed by atoms with Crippen LogP contribution >= 0.6 is 0 Å². The number of carbonyl (C=O) groups is 2. The molecule has 0 saturated carbocycles. The second-order valence-electron chi connectivity index (χ2n) is 13.4. The summed E-state index contributed by atoms with van der Waals surface area (Å²) in [4.78, 5) is 35.2. The van der Waals surface area contributed by atoms with E-state index in [2.05, 4.69) is 9.88 Å². The first-order chi connectivity index (χ1) is 23.0. The molecule has 1 fully saturated rings. The molecule has 1 amide bonds. The van der Waals surface area contributed by atoms with Crippen LogP contribution in [0.15, 0.2) is 79.3 Å². The van der Waals surface area contributed by atoms with Gasteiger partial charge in [0, 0.05) is 48.7 Å². The Balaban J connectivity index is 1.41. The monoisotopic (exact) mass is 684 g/mol. The average molecular weight is 685 g/mol. The lowest BCUT2D eigenvalue weighted by Crippen LogP contribution is -2.59. The summed E-state index contributed by atoms with van der Waals surface area (Å²) >= 11 is 0. The number of ether oxygens (including phenoxy) is 1. The van der Waals surface area contributed by atoms with Crippen LogP contribution in [0.1, 0.15) is 66.4 Å². The lowest BCUT2D eigenvalue weighted by molar-refractivity contribution is -0.143. The van der Waals surface area contributed by atoms with E-state index in [1.54, 1.807) is 51.4 Å². The van der Waals surface area contributed by atoms with Crippen molar-refractivity contribution in [2.24, 2.45) is 0 Å². The molecule has 0 N–H and O–H groups in total. The number of piperazine rings is 1. The largest absolute Gasteiger partial charge is 0.443 e. The maximum absolute atomic E-state index is 14.1. The van der Waals surface area contributed by atoms with Crippen molar-refractivity contribution >= 4 is 28.5 Å². The number of rotatable bonds is 4. The van der Waals surface area contributed by atoms with E-state index >= 15 is 0 Å². The maximum Gasteiger partial charge on any atom is 0.419 e. The number of carbonyl (C=O) groups excluding carboxylic acids is 2. The summed E-state index contributed by atoms with van der Waals surface area (Å²) in [5.41, 5.74) is -1.60. The minimum atomic E-state index is -5.10. The van der Waals surface area contributed by atoms with Gasteiger partial charge in [0.15, 0.2) is 0 Å². The highest BCUT2D eigenvalue weighted by molar-refractivity contribution is 5.95. The molecule has 4 heterocycles. The topological polar surface area (TPSA) is 67.7 Å². The van der Waals surface area contributed by atoms with Gasteiger partial charge < -0.3 is 14.5 Å². The zero-order valence-electron chi connectivity index (χ0n) is 27.0. The van der Waals surface area contributed by atoms with Crippen molar-refractivity contribution < 1.29 is 40.7 Å². The van der Waals surface area contributed by atoms with Crippen molar-refractivity contribution in [3.05, 3.63) is 107 Å². The fraction of sp³-hybridized carbons (Fsp3) is 0.361. The Labute approximate surface area is 278 Å². The van der Waals surface area contributed by atoms with Gasteiger partial charge in [-0.05, 0) is 87.6 Å². The maximum atomic E-state index is 14.1. The molecule has 0 bridgehead atoms. The molecule has 0 spiro atoms. The van der Waals surface area contributed by atoms with Crippen molar-refractivity contribution in [2.75, 3.05) is 13.1 Å². The van der Waals surface area contributed by atoms with Crippen LogP contribution < -0.4 is 0 Å². The van der Waals surface area contributed by atoms with Gasteiger partial charge in [0.05, 0.1) is 28.4 Å². The van der Waals surface area contributed by atoms with Crippen molar-refractivity contribution in [1.82, 2.24) is 19.4 Å². The van der Waals surface area contributed by atoms with Gasteiger partial charge in [-0.2, -0.15) is 26.3 Å². The second kappa shape index (κ2) is 12.6. The van der Waals surface area contributed by atoms with Crippen LogP contribution in [0.25, 0.3) is 16.5 Å². The highest BCUT2D eigenvalue weighted by atomic mass is 19.4. The number of hydrogen-bond donors (Lipinski definition) is 0. The van der Waals surface area contributed by atoms with E-state index in [1.165, 1.54) is 9.47 Å². The number of benzene rings is 2. The first kappa shape index (κ1) is 34.1. The number of hydrogen-bond acceptors (Lipinski definition) is 5. The third-order valence-electron chi connectivity index (χ3n) is 8.74. The highest BCUT2D eigenvalue weighted by Gasteiger charge is 2.41. The van der Waals surface area contributed by atoms with Gasteiger partial charge in [0.2, 0.25) is 0 Å². The fourth-order valence-electron chi connectivity index (χ4n) is 6.52. The molecule has 2 aliphatic heterocycles. The van der Waals surface area contributed by atoms with Gasteiger partial charge in [-0.1, -0.05) is 24.3 Å². The summed E-state index contributed by atoms with van der Waals surface area (Å²) in [5.74, 6) is -0.934. The highest BCUT2D eigenvalue weighted by Crippen LogP contribution is 2.38. The molecule has 2 unspecified atom stereocenters. The van der Waals surface area contributed by atoms with Crippen LogP contribution in [0.5, 0.6) is 0 Å². The number of nitrogens with zero attached hydrogens (tertiary/aromatic N) is 4.